The van der Waals surface area contributed by atoms with Crippen LogP contribution in [0.15, 0.2) is 77.7 Å². The Kier molecular flexibility index (Phi) is 5.29. The Morgan fingerprint density at radius 3 is 2.62 bits per heavy atom. The molecular weight excluding hydrogens is 411 g/mol. The van der Waals surface area contributed by atoms with Crippen LogP contribution in [-0.2, 0) is 0 Å². The van der Waals surface area contributed by atoms with Crippen molar-refractivity contribution >= 4 is 34.8 Å². The Hall–Kier alpha value is -3.22. The first-order chi connectivity index (χ1) is 14.0. The summed E-state index contributed by atoms with van der Waals surface area (Å²) in [5.41, 5.74) is 2.07. The SMILES string of the molecule is O=C(C=Cc1ccc(F)cc1)c1cccc(-n2cc(-c3ccc(Cl)s3)[nH]c2=O)c1. The van der Waals surface area contributed by atoms with Gasteiger partial charge < -0.3 is 4.98 Å². The number of ketones is 1. The van der Waals surface area contributed by atoms with E-state index in [0.717, 1.165) is 10.4 Å². The third-order valence-electron chi connectivity index (χ3n) is 4.26. The summed E-state index contributed by atoms with van der Waals surface area (Å²) in [4.78, 5) is 28.6. The number of aromatic nitrogens is 2. The van der Waals surface area contributed by atoms with E-state index in [2.05, 4.69) is 4.98 Å². The van der Waals surface area contributed by atoms with E-state index in [1.807, 2.05) is 6.07 Å². The van der Waals surface area contributed by atoms with Crippen molar-refractivity contribution in [2.75, 3.05) is 0 Å². The number of carbonyl (C=O) groups is 1. The summed E-state index contributed by atoms with van der Waals surface area (Å²) >= 11 is 7.34. The molecule has 0 bridgehead atoms. The Morgan fingerprint density at radius 1 is 1.10 bits per heavy atom. The molecule has 7 heteroatoms. The molecule has 1 N–H and O–H groups in total. The number of nitrogens with one attached hydrogen (secondary N) is 1. The van der Waals surface area contributed by atoms with E-state index in [1.54, 1.807) is 54.7 Å². The second-order valence-electron chi connectivity index (χ2n) is 6.25. The van der Waals surface area contributed by atoms with Gasteiger partial charge in [-0.15, -0.1) is 11.3 Å². The van der Waals surface area contributed by atoms with Gasteiger partial charge in [0.15, 0.2) is 5.78 Å². The second kappa shape index (κ2) is 8.03. The molecule has 0 saturated heterocycles. The van der Waals surface area contributed by atoms with Gasteiger partial charge in [-0.1, -0.05) is 41.9 Å². The lowest BCUT2D eigenvalue weighted by molar-refractivity contribution is 0.104. The van der Waals surface area contributed by atoms with Crippen molar-refractivity contribution in [1.29, 1.82) is 0 Å². The van der Waals surface area contributed by atoms with Crippen LogP contribution in [0.5, 0.6) is 0 Å². The third kappa shape index (κ3) is 4.29. The molecule has 0 unspecified atom stereocenters. The van der Waals surface area contributed by atoms with Gasteiger partial charge in [0.2, 0.25) is 0 Å². The number of nitrogens with zero attached hydrogens (tertiary/aromatic N) is 1. The van der Waals surface area contributed by atoms with Gasteiger partial charge in [0.05, 0.1) is 20.6 Å². The summed E-state index contributed by atoms with van der Waals surface area (Å²) in [7, 11) is 0. The maximum absolute atomic E-state index is 13.0. The highest BCUT2D eigenvalue weighted by atomic mass is 35.5. The van der Waals surface area contributed by atoms with Crippen LogP contribution in [0.1, 0.15) is 15.9 Å². The van der Waals surface area contributed by atoms with Crippen LogP contribution in [0.2, 0.25) is 4.34 Å². The number of H-pyrrole nitrogens is 1. The van der Waals surface area contributed by atoms with Crippen LogP contribution in [-0.4, -0.2) is 15.3 Å². The fraction of sp³-hybridized carbons (Fsp3) is 0. The van der Waals surface area contributed by atoms with Gasteiger partial charge in [0, 0.05) is 11.8 Å². The first-order valence-corrected chi connectivity index (χ1v) is 9.85. The predicted molar refractivity (Wildman–Crippen MR) is 114 cm³/mol. The number of rotatable bonds is 5. The van der Waals surface area contributed by atoms with Crippen LogP contribution in [0.3, 0.4) is 0 Å². The maximum atomic E-state index is 13.0. The molecule has 2 aromatic carbocycles. The van der Waals surface area contributed by atoms with Crippen LogP contribution in [0.4, 0.5) is 4.39 Å². The van der Waals surface area contributed by atoms with Gasteiger partial charge in [-0.25, -0.2) is 9.18 Å². The summed E-state index contributed by atoms with van der Waals surface area (Å²) in [5.74, 6) is -0.549. The minimum atomic E-state index is -0.331. The molecule has 4 rings (SSSR count). The molecule has 2 heterocycles. The van der Waals surface area contributed by atoms with E-state index in [4.69, 9.17) is 11.6 Å². The summed E-state index contributed by atoms with van der Waals surface area (Å²) in [6, 6.07) is 16.3. The van der Waals surface area contributed by atoms with Gasteiger partial charge in [0.1, 0.15) is 5.82 Å². The number of hydrogen-bond acceptors (Lipinski definition) is 3. The Labute approximate surface area is 174 Å². The number of allylic oxidation sites excluding steroid dienone is 1. The molecule has 0 aliphatic rings. The highest BCUT2D eigenvalue weighted by Crippen LogP contribution is 2.29. The molecule has 0 aliphatic heterocycles. The van der Waals surface area contributed by atoms with Gasteiger partial charge in [0.25, 0.3) is 0 Å². The van der Waals surface area contributed by atoms with E-state index in [0.29, 0.717) is 21.3 Å². The Bertz CT molecular complexity index is 1270. The summed E-state index contributed by atoms with van der Waals surface area (Å²) in [6.45, 7) is 0. The molecule has 0 radical (unpaired) electrons. The smallest absolute Gasteiger partial charge is 0.305 e. The zero-order valence-corrected chi connectivity index (χ0v) is 16.5. The lowest BCUT2D eigenvalue weighted by atomic mass is 10.1. The molecule has 4 nitrogen and oxygen atoms in total. The lowest BCUT2D eigenvalue weighted by Crippen LogP contribution is -2.14. The molecule has 0 atom stereocenters. The number of imidazole rings is 1. The van der Waals surface area contributed by atoms with E-state index in [1.165, 1.54) is 34.1 Å². The van der Waals surface area contributed by atoms with E-state index < -0.39 is 0 Å². The number of benzene rings is 2. The number of hydrogen-bond donors (Lipinski definition) is 1. The molecule has 29 heavy (non-hydrogen) atoms. The lowest BCUT2D eigenvalue weighted by Gasteiger charge is -2.03. The molecule has 144 valence electrons. The zero-order chi connectivity index (χ0) is 20.4. The van der Waals surface area contributed by atoms with Gasteiger partial charge in [-0.3, -0.25) is 9.36 Å². The van der Waals surface area contributed by atoms with E-state index >= 15 is 0 Å². The zero-order valence-electron chi connectivity index (χ0n) is 14.9. The minimum absolute atomic E-state index is 0.218. The van der Waals surface area contributed by atoms with Gasteiger partial charge in [-0.2, -0.15) is 0 Å². The molecule has 2 aromatic heterocycles. The highest BCUT2D eigenvalue weighted by Gasteiger charge is 2.11. The monoisotopic (exact) mass is 424 g/mol. The average molecular weight is 425 g/mol. The van der Waals surface area contributed by atoms with Crippen molar-refractivity contribution in [2.45, 2.75) is 0 Å². The van der Waals surface area contributed by atoms with Crippen LogP contribution >= 0.6 is 22.9 Å². The van der Waals surface area contributed by atoms with E-state index in [-0.39, 0.29) is 17.3 Å². The molecule has 0 aliphatic carbocycles. The first kappa shape index (κ1) is 19.1. The van der Waals surface area contributed by atoms with Crippen molar-refractivity contribution in [1.82, 2.24) is 9.55 Å². The topological polar surface area (TPSA) is 54.9 Å². The molecule has 0 spiro atoms. The molecule has 0 fully saturated rings. The normalized spacial score (nSPS) is 11.2. The van der Waals surface area contributed by atoms with Crippen molar-refractivity contribution in [3.05, 3.63) is 105 Å². The molecule has 0 saturated carbocycles. The number of aromatic amines is 1. The Morgan fingerprint density at radius 2 is 1.90 bits per heavy atom. The fourth-order valence-corrected chi connectivity index (χ4v) is 3.83. The van der Waals surface area contributed by atoms with Crippen molar-refractivity contribution in [3.8, 4) is 16.3 Å². The number of halogens is 2. The minimum Gasteiger partial charge on any atom is -0.305 e. The average Bonchev–Trinajstić information content (AvgIpc) is 3.33. The predicted octanol–water partition coefficient (Wildman–Crippen LogP) is 5.58. The standard InChI is InChI=1S/C22H14ClFN2O2S/c23-21-11-10-20(29-21)18-13-26(22(28)25-18)17-3-1-2-15(12-17)19(27)9-6-14-4-7-16(24)8-5-14/h1-13H,(H,25,28). The largest absolute Gasteiger partial charge is 0.330 e. The van der Waals surface area contributed by atoms with Crippen LogP contribution in [0.25, 0.3) is 22.3 Å². The van der Waals surface area contributed by atoms with Crippen LogP contribution in [0, 0.1) is 5.82 Å². The summed E-state index contributed by atoms with van der Waals surface area (Å²) < 4.78 is 15.1. The maximum Gasteiger partial charge on any atom is 0.330 e. The fourth-order valence-electron chi connectivity index (χ4n) is 2.82. The van der Waals surface area contributed by atoms with Crippen molar-refractivity contribution < 1.29 is 9.18 Å². The number of thiophene rings is 1. The van der Waals surface area contributed by atoms with Crippen LogP contribution < -0.4 is 5.69 Å². The summed E-state index contributed by atoms with van der Waals surface area (Å²) in [6.07, 6.45) is 4.73. The van der Waals surface area contributed by atoms with Gasteiger partial charge >= 0.3 is 5.69 Å². The van der Waals surface area contributed by atoms with Crippen molar-refractivity contribution in [3.63, 3.8) is 0 Å². The molecule has 0 amide bonds. The quantitative estimate of drug-likeness (QED) is 0.335. The third-order valence-corrected chi connectivity index (χ3v) is 5.53. The molecular formula is C22H14ClFN2O2S. The molecule has 4 aromatic rings. The number of carbonyl (C=O) groups excluding carboxylic acids is 1. The first-order valence-electron chi connectivity index (χ1n) is 8.65. The Balaban J connectivity index is 1.60. The van der Waals surface area contributed by atoms with Crippen molar-refractivity contribution in [2.24, 2.45) is 0 Å². The highest BCUT2D eigenvalue weighted by molar-refractivity contribution is 7.19. The summed E-state index contributed by atoms with van der Waals surface area (Å²) in [5, 5.41) is 0. The van der Waals surface area contributed by atoms with E-state index in [9.17, 15) is 14.0 Å². The second-order valence-corrected chi connectivity index (χ2v) is 7.96. The van der Waals surface area contributed by atoms with Gasteiger partial charge in [-0.05, 0) is 48.0 Å².